The van der Waals surface area contributed by atoms with Gasteiger partial charge in [-0.25, -0.2) is 4.39 Å². The number of rotatable bonds is 4. The zero-order valence-electron chi connectivity index (χ0n) is 10.5. The van der Waals surface area contributed by atoms with Gasteiger partial charge in [-0.3, -0.25) is 4.79 Å². The van der Waals surface area contributed by atoms with Crippen LogP contribution in [0.5, 0.6) is 0 Å². The minimum atomic E-state index is -0.709. The fourth-order valence-electron chi connectivity index (χ4n) is 2.48. The van der Waals surface area contributed by atoms with Crippen LogP contribution >= 0.6 is 11.6 Å². The Bertz CT molecular complexity index is 459. The van der Waals surface area contributed by atoms with Gasteiger partial charge in [-0.2, -0.15) is 0 Å². The van der Waals surface area contributed by atoms with E-state index in [0.717, 1.165) is 12.8 Å². The molecule has 0 atom stereocenters. The van der Waals surface area contributed by atoms with Gasteiger partial charge in [-0.05, 0) is 43.9 Å². The van der Waals surface area contributed by atoms with E-state index >= 15 is 0 Å². The third-order valence-electron chi connectivity index (χ3n) is 3.67. The van der Waals surface area contributed by atoms with Crippen molar-refractivity contribution in [1.29, 1.82) is 0 Å². The number of nitrogens with one attached hydrogen (secondary N) is 1. The van der Waals surface area contributed by atoms with Crippen LogP contribution in [0.25, 0.3) is 0 Å². The van der Waals surface area contributed by atoms with Crippen LogP contribution in [0.3, 0.4) is 0 Å². The largest absolute Gasteiger partial charge is 0.481 e. The molecule has 3 nitrogen and oxygen atoms in total. The fraction of sp³-hybridized carbons (Fsp3) is 0.500. The van der Waals surface area contributed by atoms with Gasteiger partial charge in [0, 0.05) is 23.2 Å². The third-order valence-corrected chi connectivity index (χ3v) is 3.90. The van der Waals surface area contributed by atoms with Crippen molar-refractivity contribution >= 4 is 17.6 Å². The van der Waals surface area contributed by atoms with E-state index in [9.17, 15) is 9.18 Å². The molecule has 104 valence electrons. The highest BCUT2D eigenvalue weighted by Gasteiger charge is 2.25. The summed E-state index contributed by atoms with van der Waals surface area (Å²) >= 11 is 5.83. The summed E-state index contributed by atoms with van der Waals surface area (Å²) in [7, 11) is 0. The predicted octanol–water partition coefficient (Wildman–Crippen LogP) is 3.21. The molecule has 0 amide bonds. The molecule has 19 heavy (non-hydrogen) atoms. The van der Waals surface area contributed by atoms with Crippen LogP contribution in [0.4, 0.5) is 4.39 Å². The molecule has 1 aliphatic carbocycles. The van der Waals surface area contributed by atoms with Crippen LogP contribution in [-0.2, 0) is 11.3 Å². The molecule has 0 aliphatic heterocycles. The van der Waals surface area contributed by atoms with Crippen molar-refractivity contribution in [3.05, 3.63) is 34.6 Å². The Kier molecular flexibility index (Phi) is 4.77. The van der Waals surface area contributed by atoms with Gasteiger partial charge in [0.1, 0.15) is 5.82 Å². The van der Waals surface area contributed by atoms with Crippen LogP contribution < -0.4 is 5.32 Å². The highest BCUT2D eigenvalue weighted by molar-refractivity contribution is 6.30. The summed E-state index contributed by atoms with van der Waals surface area (Å²) in [6.07, 6.45) is 3.01. The summed E-state index contributed by atoms with van der Waals surface area (Å²) in [6.45, 7) is 0.425. The standard InChI is InChI=1S/C14H17ClFNO2/c15-11-3-6-13(16)10(7-11)8-17-12-4-1-9(2-5-12)14(18)19/h3,6-7,9,12,17H,1-2,4-5,8H2,(H,18,19). The van der Waals surface area contributed by atoms with Crippen molar-refractivity contribution in [2.24, 2.45) is 5.92 Å². The monoisotopic (exact) mass is 285 g/mol. The number of benzene rings is 1. The Labute approximate surface area is 116 Å². The quantitative estimate of drug-likeness (QED) is 0.893. The summed E-state index contributed by atoms with van der Waals surface area (Å²) in [6, 6.07) is 4.76. The maximum absolute atomic E-state index is 13.5. The number of aliphatic carboxylic acids is 1. The first kappa shape index (κ1) is 14.3. The van der Waals surface area contributed by atoms with Gasteiger partial charge in [0.05, 0.1) is 5.92 Å². The average Bonchev–Trinajstić information content (AvgIpc) is 2.40. The molecule has 0 aromatic heterocycles. The van der Waals surface area contributed by atoms with Crippen LogP contribution in [0.1, 0.15) is 31.2 Å². The van der Waals surface area contributed by atoms with Gasteiger partial charge in [-0.15, -0.1) is 0 Å². The lowest BCUT2D eigenvalue weighted by atomic mass is 9.86. The van der Waals surface area contributed by atoms with E-state index in [-0.39, 0.29) is 17.8 Å². The Morgan fingerprint density at radius 3 is 2.68 bits per heavy atom. The smallest absolute Gasteiger partial charge is 0.306 e. The zero-order chi connectivity index (χ0) is 13.8. The van der Waals surface area contributed by atoms with Crippen LogP contribution in [0.2, 0.25) is 5.02 Å². The van der Waals surface area contributed by atoms with Crippen molar-refractivity contribution in [3.8, 4) is 0 Å². The minimum Gasteiger partial charge on any atom is -0.481 e. The maximum atomic E-state index is 13.5. The van der Waals surface area contributed by atoms with E-state index in [1.54, 1.807) is 6.07 Å². The molecule has 1 aromatic rings. The third kappa shape index (κ3) is 3.91. The fourth-order valence-corrected chi connectivity index (χ4v) is 2.67. The van der Waals surface area contributed by atoms with Crippen LogP contribution in [0.15, 0.2) is 18.2 Å². The van der Waals surface area contributed by atoms with E-state index in [0.29, 0.717) is 30.0 Å². The number of halogens is 2. The van der Waals surface area contributed by atoms with Crippen molar-refractivity contribution < 1.29 is 14.3 Å². The van der Waals surface area contributed by atoms with Gasteiger partial charge >= 0.3 is 5.97 Å². The molecule has 1 fully saturated rings. The Balaban J connectivity index is 1.83. The summed E-state index contributed by atoms with van der Waals surface area (Å²) in [5.74, 6) is -1.20. The van der Waals surface area contributed by atoms with Crippen molar-refractivity contribution in [2.75, 3.05) is 0 Å². The number of hydrogen-bond donors (Lipinski definition) is 2. The first-order chi connectivity index (χ1) is 9.06. The Morgan fingerprint density at radius 1 is 1.37 bits per heavy atom. The Hall–Kier alpha value is -1.13. The zero-order valence-corrected chi connectivity index (χ0v) is 11.3. The van der Waals surface area contributed by atoms with Gasteiger partial charge < -0.3 is 10.4 Å². The second-order valence-electron chi connectivity index (χ2n) is 5.00. The van der Waals surface area contributed by atoms with Crippen molar-refractivity contribution in [1.82, 2.24) is 5.32 Å². The molecule has 1 aliphatic rings. The molecule has 0 saturated heterocycles. The number of carbonyl (C=O) groups is 1. The molecule has 1 aromatic carbocycles. The van der Waals surface area contributed by atoms with Gasteiger partial charge in [0.15, 0.2) is 0 Å². The summed E-state index contributed by atoms with van der Waals surface area (Å²) in [5, 5.41) is 12.7. The molecule has 0 bridgehead atoms. The molecule has 0 heterocycles. The molecule has 2 N–H and O–H groups in total. The van der Waals surface area contributed by atoms with Crippen molar-refractivity contribution in [3.63, 3.8) is 0 Å². The second-order valence-corrected chi connectivity index (χ2v) is 5.44. The summed E-state index contributed by atoms with van der Waals surface area (Å²) in [5.41, 5.74) is 0.549. The van der Waals surface area contributed by atoms with E-state index in [4.69, 9.17) is 16.7 Å². The lowest BCUT2D eigenvalue weighted by Gasteiger charge is -2.27. The molecule has 5 heteroatoms. The summed E-state index contributed by atoms with van der Waals surface area (Å²) in [4.78, 5) is 10.8. The summed E-state index contributed by atoms with van der Waals surface area (Å²) < 4.78 is 13.5. The molecule has 2 rings (SSSR count). The predicted molar refractivity (Wildman–Crippen MR) is 71.6 cm³/mol. The van der Waals surface area contributed by atoms with E-state index < -0.39 is 5.97 Å². The highest BCUT2D eigenvalue weighted by atomic mass is 35.5. The minimum absolute atomic E-state index is 0.221. The van der Waals surface area contributed by atoms with E-state index in [1.807, 2.05) is 0 Å². The molecule has 0 radical (unpaired) electrons. The number of carboxylic acids is 1. The van der Waals surface area contributed by atoms with Gasteiger partial charge in [-0.1, -0.05) is 11.6 Å². The molecular weight excluding hydrogens is 269 g/mol. The number of hydrogen-bond acceptors (Lipinski definition) is 2. The Morgan fingerprint density at radius 2 is 2.05 bits per heavy atom. The first-order valence-corrected chi connectivity index (χ1v) is 6.84. The van der Waals surface area contributed by atoms with Gasteiger partial charge in [0.25, 0.3) is 0 Å². The maximum Gasteiger partial charge on any atom is 0.306 e. The average molecular weight is 286 g/mol. The van der Waals surface area contributed by atoms with Crippen LogP contribution in [-0.4, -0.2) is 17.1 Å². The SMILES string of the molecule is O=C(O)C1CCC(NCc2cc(Cl)ccc2F)CC1. The molecule has 0 unspecified atom stereocenters. The molecule has 0 spiro atoms. The molecular formula is C14H17ClFNO2. The second kappa shape index (κ2) is 6.35. The first-order valence-electron chi connectivity index (χ1n) is 6.46. The highest BCUT2D eigenvalue weighted by Crippen LogP contribution is 2.25. The lowest BCUT2D eigenvalue weighted by molar-refractivity contribution is -0.142. The van der Waals surface area contributed by atoms with E-state index in [2.05, 4.69) is 5.32 Å². The normalized spacial score (nSPS) is 23.3. The topological polar surface area (TPSA) is 49.3 Å². The number of carboxylic acid groups (broad SMARTS) is 1. The lowest BCUT2D eigenvalue weighted by Crippen LogP contribution is -2.34. The van der Waals surface area contributed by atoms with Crippen LogP contribution in [0, 0.1) is 11.7 Å². The van der Waals surface area contributed by atoms with Crippen molar-refractivity contribution in [2.45, 2.75) is 38.3 Å². The van der Waals surface area contributed by atoms with E-state index in [1.165, 1.54) is 12.1 Å². The van der Waals surface area contributed by atoms with Gasteiger partial charge in [0.2, 0.25) is 0 Å². The molecule has 1 saturated carbocycles.